The van der Waals surface area contributed by atoms with Crippen molar-refractivity contribution in [3.63, 3.8) is 0 Å². The van der Waals surface area contributed by atoms with Crippen LogP contribution in [-0.4, -0.2) is 10.1 Å². The number of hydrogen-bond acceptors (Lipinski definition) is 3. The molecule has 0 bridgehead atoms. The number of rotatable bonds is 0. The predicted molar refractivity (Wildman–Crippen MR) is 44.7 cm³/mol. The van der Waals surface area contributed by atoms with Gasteiger partial charge in [-0.25, -0.2) is 4.98 Å². The Morgan fingerprint density at radius 2 is 2.45 bits per heavy atom. The molecule has 0 unspecified atom stereocenters. The monoisotopic (exact) mass is 169 g/mol. The maximum atomic E-state index is 9.55. The molecule has 0 aromatic carbocycles. The van der Waals surface area contributed by atoms with Crippen molar-refractivity contribution in [1.29, 1.82) is 0 Å². The fourth-order valence-corrected chi connectivity index (χ4v) is 2.51. The lowest BCUT2D eigenvalue weighted by Gasteiger charge is -2.14. The van der Waals surface area contributed by atoms with Crippen LogP contribution >= 0.6 is 11.3 Å². The molecule has 1 aromatic heterocycles. The van der Waals surface area contributed by atoms with Gasteiger partial charge in [-0.15, -0.1) is 11.3 Å². The first-order valence-corrected chi connectivity index (χ1v) is 4.73. The summed E-state index contributed by atoms with van der Waals surface area (Å²) < 4.78 is 0. The normalized spacial score (nSPS) is 23.3. The van der Waals surface area contributed by atoms with E-state index in [4.69, 9.17) is 0 Å². The van der Waals surface area contributed by atoms with Gasteiger partial charge in [0.25, 0.3) is 0 Å². The number of nitrogens with zero attached hydrogens (tertiary/aromatic N) is 1. The van der Waals surface area contributed by atoms with Crippen LogP contribution in [0.4, 0.5) is 0 Å². The van der Waals surface area contributed by atoms with Crippen LogP contribution in [0.1, 0.15) is 34.5 Å². The molecule has 2 rings (SSSR count). The quantitative estimate of drug-likeness (QED) is 0.642. The molecule has 11 heavy (non-hydrogen) atoms. The van der Waals surface area contributed by atoms with E-state index in [0.29, 0.717) is 0 Å². The third-order valence-corrected chi connectivity index (χ3v) is 3.14. The zero-order valence-electron chi connectivity index (χ0n) is 6.50. The van der Waals surface area contributed by atoms with Crippen LogP contribution in [0.3, 0.4) is 0 Å². The van der Waals surface area contributed by atoms with E-state index in [2.05, 4.69) is 4.98 Å². The van der Waals surface area contributed by atoms with E-state index in [9.17, 15) is 5.11 Å². The molecule has 0 radical (unpaired) electrons. The fourth-order valence-electron chi connectivity index (χ4n) is 1.52. The average Bonchev–Trinajstić information content (AvgIpc) is 2.31. The molecule has 0 saturated heterocycles. The Morgan fingerprint density at radius 1 is 1.64 bits per heavy atom. The van der Waals surface area contributed by atoms with Crippen molar-refractivity contribution in [2.24, 2.45) is 0 Å². The summed E-state index contributed by atoms with van der Waals surface area (Å²) in [6.07, 6.45) is 2.81. The summed E-state index contributed by atoms with van der Waals surface area (Å²) >= 11 is 1.64. The molecule has 1 aliphatic rings. The van der Waals surface area contributed by atoms with E-state index < -0.39 is 0 Å². The van der Waals surface area contributed by atoms with Crippen molar-refractivity contribution in [1.82, 2.24) is 4.98 Å². The summed E-state index contributed by atoms with van der Waals surface area (Å²) in [4.78, 5) is 5.47. The number of aromatic nitrogens is 1. The number of hydrogen-bond donors (Lipinski definition) is 1. The standard InChI is InChI=1S/C8H11NOS/c1-5-9-6-3-2-4-7(10)8(6)11-5/h7,10H,2-4H2,1H3/t7-/m0/s1. The van der Waals surface area contributed by atoms with Gasteiger partial charge in [0.05, 0.1) is 21.7 Å². The van der Waals surface area contributed by atoms with Crippen LogP contribution in [0.15, 0.2) is 0 Å². The Balaban J connectivity index is 2.43. The van der Waals surface area contributed by atoms with Gasteiger partial charge >= 0.3 is 0 Å². The van der Waals surface area contributed by atoms with Gasteiger partial charge in [0.15, 0.2) is 0 Å². The maximum absolute atomic E-state index is 9.55. The third-order valence-electron chi connectivity index (χ3n) is 2.03. The summed E-state index contributed by atoms with van der Waals surface area (Å²) in [6, 6.07) is 0. The van der Waals surface area contributed by atoms with Crippen molar-refractivity contribution in [2.45, 2.75) is 32.3 Å². The first-order chi connectivity index (χ1) is 5.27. The molecule has 1 atom stereocenters. The maximum Gasteiger partial charge on any atom is 0.0901 e. The van der Waals surface area contributed by atoms with Crippen molar-refractivity contribution < 1.29 is 5.11 Å². The van der Waals surface area contributed by atoms with E-state index >= 15 is 0 Å². The first-order valence-electron chi connectivity index (χ1n) is 3.91. The van der Waals surface area contributed by atoms with Crippen LogP contribution in [-0.2, 0) is 6.42 Å². The lowest BCUT2D eigenvalue weighted by Crippen LogP contribution is -2.06. The molecule has 0 saturated carbocycles. The Kier molecular flexibility index (Phi) is 1.69. The minimum absolute atomic E-state index is 0.232. The van der Waals surface area contributed by atoms with E-state index in [0.717, 1.165) is 34.8 Å². The SMILES string of the molecule is Cc1nc2c(s1)[C@@H](O)CCC2. The lowest BCUT2D eigenvalue weighted by atomic mass is 10.0. The Morgan fingerprint density at radius 3 is 3.18 bits per heavy atom. The zero-order valence-corrected chi connectivity index (χ0v) is 7.32. The summed E-state index contributed by atoms with van der Waals surface area (Å²) in [5.74, 6) is 0. The second-order valence-electron chi connectivity index (χ2n) is 2.95. The number of aliphatic hydroxyl groups excluding tert-OH is 1. The number of fused-ring (bicyclic) bond motifs is 1. The number of aryl methyl sites for hydroxylation is 2. The van der Waals surface area contributed by atoms with Crippen LogP contribution in [0, 0.1) is 6.92 Å². The van der Waals surface area contributed by atoms with E-state index in [1.54, 1.807) is 11.3 Å². The molecule has 0 amide bonds. The topological polar surface area (TPSA) is 33.1 Å². The van der Waals surface area contributed by atoms with Crippen LogP contribution in [0.2, 0.25) is 0 Å². The van der Waals surface area contributed by atoms with Crippen molar-refractivity contribution in [3.8, 4) is 0 Å². The molecular formula is C8H11NOS. The third kappa shape index (κ3) is 1.19. The predicted octanol–water partition coefficient (Wildman–Crippen LogP) is 1.82. The molecule has 0 aliphatic heterocycles. The van der Waals surface area contributed by atoms with Crippen molar-refractivity contribution >= 4 is 11.3 Å². The van der Waals surface area contributed by atoms with Crippen LogP contribution in [0.5, 0.6) is 0 Å². The van der Waals surface area contributed by atoms with Gasteiger partial charge < -0.3 is 5.11 Å². The van der Waals surface area contributed by atoms with E-state index in [1.165, 1.54) is 0 Å². The van der Waals surface area contributed by atoms with Gasteiger partial charge in [0.2, 0.25) is 0 Å². The highest BCUT2D eigenvalue weighted by Gasteiger charge is 2.21. The molecule has 2 nitrogen and oxygen atoms in total. The number of thiazole rings is 1. The molecule has 60 valence electrons. The van der Waals surface area contributed by atoms with E-state index in [-0.39, 0.29) is 6.10 Å². The second kappa shape index (κ2) is 2.57. The molecule has 1 N–H and O–H groups in total. The highest BCUT2D eigenvalue weighted by atomic mass is 32.1. The largest absolute Gasteiger partial charge is 0.388 e. The second-order valence-corrected chi connectivity index (χ2v) is 4.19. The molecule has 0 fully saturated rings. The smallest absolute Gasteiger partial charge is 0.0901 e. The summed E-state index contributed by atoms with van der Waals surface area (Å²) in [5, 5.41) is 10.6. The highest BCUT2D eigenvalue weighted by Crippen LogP contribution is 2.33. The average molecular weight is 169 g/mol. The fraction of sp³-hybridized carbons (Fsp3) is 0.625. The summed E-state index contributed by atoms with van der Waals surface area (Å²) in [5.41, 5.74) is 1.13. The first kappa shape index (κ1) is 7.25. The van der Waals surface area contributed by atoms with Gasteiger partial charge in [0.1, 0.15) is 0 Å². The Bertz CT molecular complexity index is 269. The molecule has 3 heteroatoms. The van der Waals surface area contributed by atoms with Gasteiger partial charge in [-0.1, -0.05) is 0 Å². The van der Waals surface area contributed by atoms with Gasteiger partial charge in [-0.2, -0.15) is 0 Å². The Hall–Kier alpha value is -0.410. The van der Waals surface area contributed by atoms with Crippen molar-refractivity contribution in [2.75, 3.05) is 0 Å². The molecule has 0 spiro atoms. The lowest BCUT2D eigenvalue weighted by molar-refractivity contribution is 0.160. The van der Waals surface area contributed by atoms with Crippen molar-refractivity contribution in [3.05, 3.63) is 15.6 Å². The molecular weight excluding hydrogens is 158 g/mol. The van der Waals surface area contributed by atoms with Gasteiger partial charge in [0, 0.05) is 0 Å². The highest BCUT2D eigenvalue weighted by molar-refractivity contribution is 7.11. The van der Waals surface area contributed by atoms with Crippen LogP contribution < -0.4 is 0 Å². The van der Waals surface area contributed by atoms with Gasteiger partial charge in [-0.3, -0.25) is 0 Å². The summed E-state index contributed by atoms with van der Waals surface area (Å²) in [6.45, 7) is 2.00. The molecule has 1 aromatic rings. The molecule has 1 heterocycles. The number of aliphatic hydroxyl groups is 1. The van der Waals surface area contributed by atoms with Crippen LogP contribution in [0.25, 0.3) is 0 Å². The minimum atomic E-state index is -0.232. The zero-order chi connectivity index (χ0) is 7.84. The molecule has 1 aliphatic carbocycles. The minimum Gasteiger partial charge on any atom is -0.388 e. The summed E-state index contributed by atoms with van der Waals surface area (Å²) in [7, 11) is 0. The Labute approximate surface area is 69.9 Å². The van der Waals surface area contributed by atoms with E-state index in [1.807, 2.05) is 6.92 Å². The van der Waals surface area contributed by atoms with Gasteiger partial charge in [-0.05, 0) is 26.2 Å².